The molecule has 1 N–H and O–H groups in total. The van der Waals surface area contributed by atoms with Gasteiger partial charge in [-0.2, -0.15) is 0 Å². The zero-order valence-corrected chi connectivity index (χ0v) is 21.8. The van der Waals surface area contributed by atoms with E-state index in [1.165, 1.54) is 12.1 Å². The standard InChI is InChI=1S/C28H23ClF3NO6/c1-15(2)36-27(35)38-26-22-13-23(29)18(14-34)12-24(22)33-16(3)25(26)17-4-6-19(7-5-17)37-20-8-10-21(11-9-20)39-28(30,31)32/h4-13,15,34H,14H2,1-3H3. The van der Waals surface area contributed by atoms with Gasteiger partial charge in [0.25, 0.3) is 0 Å². The summed E-state index contributed by atoms with van der Waals surface area (Å²) in [7, 11) is 0. The molecule has 0 radical (unpaired) electrons. The molecule has 4 rings (SSSR count). The Morgan fingerprint density at radius 2 is 1.59 bits per heavy atom. The molecule has 39 heavy (non-hydrogen) atoms. The predicted molar refractivity (Wildman–Crippen MR) is 138 cm³/mol. The maximum absolute atomic E-state index is 12.5. The number of rotatable bonds is 7. The minimum Gasteiger partial charge on any atom is -0.457 e. The second-order valence-corrected chi connectivity index (χ2v) is 9.09. The summed E-state index contributed by atoms with van der Waals surface area (Å²) >= 11 is 6.33. The van der Waals surface area contributed by atoms with Crippen LogP contribution in [0.4, 0.5) is 18.0 Å². The second-order valence-electron chi connectivity index (χ2n) is 8.68. The zero-order valence-electron chi connectivity index (χ0n) is 21.0. The van der Waals surface area contributed by atoms with Crippen molar-refractivity contribution in [2.24, 2.45) is 0 Å². The Balaban J connectivity index is 1.69. The number of ether oxygens (including phenoxy) is 4. The second kappa shape index (κ2) is 11.4. The summed E-state index contributed by atoms with van der Waals surface area (Å²) in [6.07, 6.45) is -6.10. The number of halogens is 4. The van der Waals surface area contributed by atoms with E-state index in [4.69, 9.17) is 25.8 Å². The fourth-order valence-electron chi connectivity index (χ4n) is 3.82. The first-order valence-electron chi connectivity index (χ1n) is 11.7. The normalized spacial score (nSPS) is 11.5. The maximum Gasteiger partial charge on any atom is 0.573 e. The van der Waals surface area contributed by atoms with E-state index < -0.39 is 18.6 Å². The first-order chi connectivity index (χ1) is 18.4. The van der Waals surface area contributed by atoms with Crippen molar-refractivity contribution >= 4 is 28.7 Å². The first-order valence-corrected chi connectivity index (χ1v) is 12.1. The van der Waals surface area contributed by atoms with Crippen LogP contribution in [0.3, 0.4) is 0 Å². The molecule has 7 nitrogen and oxygen atoms in total. The Morgan fingerprint density at radius 1 is 1.00 bits per heavy atom. The van der Waals surface area contributed by atoms with Crippen LogP contribution in [-0.2, 0) is 11.3 Å². The van der Waals surface area contributed by atoms with Crippen LogP contribution < -0.4 is 14.2 Å². The number of aromatic nitrogens is 1. The van der Waals surface area contributed by atoms with Gasteiger partial charge in [0.2, 0.25) is 0 Å². The van der Waals surface area contributed by atoms with Crippen LogP contribution >= 0.6 is 11.6 Å². The highest BCUT2D eigenvalue weighted by atomic mass is 35.5. The molecule has 0 aliphatic rings. The predicted octanol–water partition coefficient (Wildman–Crippen LogP) is 7.97. The molecular weight excluding hydrogens is 539 g/mol. The summed E-state index contributed by atoms with van der Waals surface area (Å²) in [5, 5.41) is 10.3. The topological polar surface area (TPSA) is 87.1 Å². The molecule has 0 fully saturated rings. The van der Waals surface area contributed by atoms with Gasteiger partial charge in [-0.1, -0.05) is 23.7 Å². The number of fused-ring (bicyclic) bond motifs is 1. The average molecular weight is 562 g/mol. The van der Waals surface area contributed by atoms with Crippen LogP contribution in [0.15, 0.2) is 60.7 Å². The molecule has 0 amide bonds. The zero-order chi connectivity index (χ0) is 28.3. The fourth-order valence-corrected chi connectivity index (χ4v) is 4.04. The van der Waals surface area contributed by atoms with E-state index in [-0.39, 0.29) is 23.1 Å². The Hall–Kier alpha value is -4.02. The molecule has 204 valence electrons. The number of benzene rings is 3. The van der Waals surface area contributed by atoms with Crippen molar-refractivity contribution in [1.82, 2.24) is 4.98 Å². The molecule has 0 spiro atoms. The summed E-state index contributed by atoms with van der Waals surface area (Å²) in [6.45, 7) is 4.84. The molecule has 0 unspecified atom stereocenters. The van der Waals surface area contributed by atoms with Crippen molar-refractivity contribution < 1.29 is 42.0 Å². The van der Waals surface area contributed by atoms with Crippen LogP contribution in [0.2, 0.25) is 5.02 Å². The van der Waals surface area contributed by atoms with Gasteiger partial charge in [0.1, 0.15) is 17.2 Å². The molecule has 0 bridgehead atoms. The molecule has 4 aromatic rings. The summed E-state index contributed by atoms with van der Waals surface area (Å²) in [5.41, 5.74) is 2.62. The van der Waals surface area contributed by atoms with Gasteiger partial charge >= 0.3 is 12.5 Å². The minimum atomic E-state index is -4.78. The largest absolute Gasteiger partial charge is 0.573 e. The third kappa shape index (κ3) is 6.90. The van der Waals surface area contributed by atoms with Crippen molar-refractivity contribution in [3.63, 3.8) is 0 Å². The van der Waals surface area contributed by atoms with Gasteiger partial charge in [-0.15, -0.1) is 13.2 Å². The molecule has 11 heteroatoms. The molecule has 1 heterocycles. The number of nitrogens with zero attached hydrogens (tertiary/aromatic N) is 1. The average Bonchev–Trinajstić information content (AvgIpc) is 2.85. The number of pyridine rings is 1. The van der Waals surface area contributed by atoms with E-state index in [0.29, 0.717) is 44.8 Å². The summed E-state index contributed by atoms with van der Waals surface area (Å²) in [6, 6.07) is 14.9. The molecule has 0 aliphatic heterocycles. The monoisotopic (exact) mass is 561 g/mol. The van der Waals surface area contributed by atoms with Gasteiger partial charge in [0.15, 0.2) is 5.75 Å². The number of alkyl halides is 3. The number of hydrogen-bond donors (Lipinski definition) is 1. The lowest BCUT2D eigenvalue weighted by molar-refractivity contribution is -0.274. The SMILES string of the molecule is Cc1nc2cc(CO)c(Cl)cc2c(OC(=O)OC(C)C)c1-c1ccc(Oc2ccc(OC(F)(F)F)cc2)cc1. The number of carbonyl (C=O) groups excluding carboxylic acids is 1. The quantitative estimate of drug-likeness (QED) is 0.229. The van der Waals surface area contributed by atoms with Crippen LogP contribution in [0, 0.1) is 6.92 Å². The molecule has 0 saturated carbocycles. The number of hydrogen-bond acceptors (Lipinski definition) is 7. The molecule has 0 atom stereocenters. The van der Waals surface area contributed by atoms with Crippen molar-refractivity contribution in [1.29, 1.82) is 0 Å². The van der Waals surface area contributed by atoms with Crippen molar-refractivity contribution in [2.45, 2.75) is 39.8 Å². The van der Waals surface area contributed by atoms with Crippen LogP contribution in [0.5, 0.6) is 23.0 Å². The van der Waals surface area contributed by atoms with Gasteiger partial charge in [-0.05, 0) is 80.4 Å². The molecule has 0 aliphatic carbocycles. The highest BCUT2D eigenvalue weighted by Crippen LogP contribution is 2.41. The number of aryl methyl sites for hydroxylation is 1. The van der Waals surface area contributed by atoms with E-state index in [1.54, 1.807) is 57.2 Å². The molecular formula is C28H23ClF3NO6. The number of carbonyl (C=O) groups is 1. The van der Waals surface area contributed by atoms with Crippen LogP contribution in [-0.4, -0.2) is 28.7 Å². The van der Waals surface area contributed by atoms with E-state index in [2.05, 4.69) is 9.72 Å². The van der Waals surface area contributed by atoms with Gasteiger partial charge in [0.05, 0.1) is 18.2 Å². The highest BCUT2D eigenvalue weighted by Gasteiger charge is 2.31. The highest BCUT2D eigenvalue weighted by molar-refractivity contribution is 6.32. The third-order valence-corrected chi connectivity index (χ3v) is 5.76. The van der Waals surface area contributed by atoms with Crippen molar-refractivity contribution in [3.8, 4) is 34.1 Å². The van der Waals surface area contributed by atoms with Crippen LogP contribution in [0.1, 0.15) is 25.1 Å². The third-order valence-electron chi connectivity index (χ3n) is 5.41. The lowest BCUT2D eigenvalue weighted by Gasteiger charge is -2.17. The maximum atomic E-state index is 12.5. The number of aliphatic hydroxyl groups excluding tert-OH is 1. The number of aliphatic hydroxyl groups is 1. The first kappa shape index (κ1) is 28.0. The smallest absolute Gasteiger partial charge is 0.457 e. The van der Waals surface area contributed by atoms with E-state index in [1.807, 2.05) is 0 Å². The summed E-state index contributed by atoms with van der Waals surface area (Å²) in [5.74, 6) is 0.533. The fraction of sp³-hybridized carbons (Fsp3) is 0.214. The molecule has 1 aromatic heterocycles. The molecule has 3 aromatic carbocycles. The summed E-state index contributed by atoms with van der Waals surface area (Å²) < 4.78 is 57.6. The molecule has 0 saturated heterocycles. The Morgan fingerprint density at radius 3 is 2.15 bits per heavy atom. The van der Waals surface area contributed by atoms with Gasteiger partial charge in [0, 0.05) is 21.7 Å². The van der Waals surface area contributed by atoms with E-state index in [9.17, 15) is 23.1 Å². The van der Waals surface area contributed by atoms with E-state index >= 15 is 0 Å². The lowest BCUT2D eigenvalue weighted by Crippen LogP contribution is -2.16. The van der Waals surface area contributed by atoms with Gasteiger partial charge in [-0.25, -0.2) is 4.79 Å². The minimum absolute atomic E-state index is 0.184. The van der Waals surface area contributed by atoms with Gasteiger partial charge in [-0.3, -0.25) is 4.98 Å². The van der Waals surface area contributed by atoms with Crippen molar-refractivity contribution in [2.75, 3.05) is 0 Å². The van der Waals surface area contributed by atoms with Crippen LogP contribution in [0.25, 0.3) is 22.0 Å². The Kier molecular flexibility index (Phi) is 8.17. The lowest BCUT2D eigenvalue weighted by atomic mass is 9.99. The Bertz CT molecular complexity index is 1490. The summed E-state index contributed by atoms with van der Waals surface area (Å²) in [4.78, 5) is 17.1. The van der Waals surface area contributed by atoms with E-state index in [0.717, 1.165) is 12.1 Å². The Labute approximate surface area is 226 Å². The van der Waals surface area contributed by atoms with Crippen molar-refractivity contribution in [3.05, 3.63) is 76.9 Å². The van der Waals surface area contributed by atoms with Gasteiger partial charge < -0.3 is 24.1 Å².